The number of nitrogens with zero attached hydrogens (tertiary/aromatic N) is 5. The van der Waals surface area contributed by atoms with Crippen molar-refractivity contribution < 1.29 is 4.42 Å². The zero-order chi connectivity index (χ0) is 14.4. The van der Waals surface area contributed by atoms with Gasteiger partial charge in [0.15, 0.2) is 5.82 Å². The predicted molar refractivity (Wildman–Crippen MR) is 76.5 cm³/mol. The first-order valence-corrected chi connectivity index (χ1v) is 7.74. The highest BCUT2D eigenvalue weighted by molar-refractivity contribution is 5.17. The second-order valence-electron chi connectivity index (χ2n) is 6.57. The predicted octanol–water partition coefficient (Wildman–Crippen LogP) is 2.36. The Balaban J connectivity index is 1.37. The fourth-order valence-electron chi connectivity index (χ4n) is 2.88. The lowest BCUT2D eigenvalue weighted by Crippen LogP contribution is -2.20. The Labute approximate surface area is 124 Å². The van der Waals surface area contributed by atoms with Crippen molar-refractivity contribution in [2.24, 2.45) is 5.92 Å². The van der Waals surface area contributed by atoms with E-state index in [1.807, 2.05) is 4.68 Å². The van der Waals surface area contributed by atoms with Crippen LogP contribution >= 0.6 is 0 Å². The molecular weight excluding hydrogens is 266 g/mol. The van der Waals surface area contributed by atoms with Crippen molar-refractivity contribution in [2.45, 2.75) is 51.2 Å². The zero-order valence-corrected chi connectivity index (χ0v) is 12.6. The van der Waals surface area contributed by atoms with E-state index in [2.05, 4.69) is 46.5 Å². The summed E-state index contributed by atoms with van der Waals surface area (Å²) in [4.78, 5) is 2.20. The maximum absolute atomic E-state index is 5.96. The largest absolute Gasteiger partial charge is 0.464 e. The minimum atomic E-state index is 0.523. The van der Waals surface area contributed by atoms with Gasteiger partial charge in [-0.25, -0.2) is 4.68 Å². The topological polar surface area (TPSA) is 60.0 Å². The van der Waals surface area contributed by atoms with Gasteiger partial charge >= 0.3 is 0 Å². The Morgan fingerprint density at radius 3 is 2.86 bits per heavy atom. The molecule has 2 saturated carbocycles. The summed E-state index contributed by atoms with van der Waals surface area (Å²) in [7, 11) is 2.08. The second-order valence-corrected chi connectivity index (χ2v) is 6.57. The highest BCUT2D eigenvalue weighted by Gasteiger charge is 2.36. The Kier molecular flexibility index (Phi) is 3.06. The lowest BCUT2D eigenvalue weighted by molar-refractivity contribution is 0.271. The molecule has 21 heavy (non-hydrogen) atoms. The van der Waals surface area contributed by atoms with Crippen molar-refractivity contribution in [3.63, 3.8) is 0 Å². The number of rotatable bonds is 6. The highest BCUT2D eigenvalue weighted by Crippen LogP contribution is 2.47. The zero-order valence-electron chi connectivity index (χ0n) is 12.6. The average Bonchev–Trinajstić information content (AvgIpc) is 3.33. The molecule has 2 aliphatic rings. The van der Waals surface area contributed by atoms with Crippen LogP contribution in [0.2, 0.25) is 0 Å². The molecular formula is C15H21N5O. The molecule has 0 radical (unpaired) electrons. The molecule has 112 valence electrons. The van der Waals surface area contributed by atoms with Gasteiger partial charge in [-0.2, -0.15) is 0 Å². The minimum absolute atomic E-state index is 0.523. The van der Waals surface area contributed by atoms with Crippen molar-refractivity contribution in [1.29, 1.82) is 0 Å². The van der Waals surface area contributed by atoms with Crippen molar-refractivity contribution >= 4 is 0 Å². The molecule has 0 bridgehead atoms. The number of furan rings is 1. The van der Waals surface area contributed by atoms with Crippen LogP contribution in [0.15, 0.2) is 16.5 Å². The molecule has 2 fully saturated rings. The van der Waals surface area contributed by atoms with Crippen LogP contribution in [0.5, 0.6) is 0 Å². The molecule has 2 heterocycles. The third-order valence-electron chi connectivity index (χ3n) is 4.45. The van der Waals surface area contributed by atoms with Gasteiger partial charge in [0.05, 0.1) is 19.1 Å². The monoisotopic (exact) mass is 287 g/mol. The van der Waals surface area contributed by atoms with Gasteiger partial charge < -0.3 is 4.42 Å². The van der Waals surface area contributed by atoms with Crippen molar-refractivity contribution in [3.05, 3.63) is 29.5 Å². The molecule has 0 saturated heterocycles. The van der Waals surface area contributed by atoms with Gasteiger partial charge in [-0.05, 0) is 54.8 Å². The van der Waals surface area contributed by atoms with Crippen LogP contribution in [0, 0.1) is 5.92 Å². The molecule has 2 aliphatic carbocycles. The fourth-order valence-corrected chi connectivity index (χ4v) is 2.88. The third-order valence-corrected chi connectivity index (χ3v) is 4.45. The summed E-state index contributed by atoms with van der Waals surface area (Å²) in [5, 5.41) is 12.0. The fraction of sp³-hybridized carbons (Fsp3) is 0.667. The van der Waals surface area contributed by atoms with E-state index >= 15 is 0 Å². The molecule has 0 aromatic carbocycles. The molecule has 0 unspecified atom stereocenters. The summed E-state index contributed by atoms with van der Waals surface area (Å²) >= 11 is 0. The lowest BCUT2D eigenvalue weighted by Gasteiger charge is -2.14. The van der Waals surface area contributed by atoms with Crippen LogP contribution < -0.4 is 0 Å². The molecule has 6 heteroatoms. The van der Waals surface area contributed by atoms with Gasteiger partial charge in [0.1, 0.15) is 11.5 Å². The van der Waals surface area contributed by atoms with Crippen molar-refractivity contribution in [2.75, 3.05) is 7.05 Å². The van der Waals surface area contributed by atoms with E-state index in [1.54, 1.807) is 0 Å². The first-order valence-electron chi connectivity index (χ1n) is 7.74. The summed E-state index contributed by atoms with van der Waals surface area (Å²) in [6.07, 6.45) is 3.66. The molecule has 0 spiro atoms. The van der Waals surface area contributed by atoms with Gasteiger partial charge in [-0.15, -0.1) is 5.10 Å². The van der Waals surface area contributed by atoms with Gasteiger partial charge in [-0.3, -0.25) is 4.90 Å². The summed E-state index contributed by atoms with van der Waals surface area (Å²) in [5.41, 5.74) is 0. The molecule has 0 aliphatic heterocycles. The summed E-state index contributed by atoms with van der Waals surface area (Å²) in [6.45, 7) is 3.81. The summed E-state index contributed by atoms with van der Waals surface area (Å²) in [6, 6.07) is 4.75. The maximum atomic E-state index is 5.96. The smallest absolute Gasteiger partial charge is 0.165 e. The average molecular weight is 287 g/mol. The minimum Gasteiger partial charge on any atom is -0.464 e. The SMILES string of the molecule is C[C@H]1C[C@H]1c1ccc(CN(C)Cc2nnnn2C2CC2)o1. The van der Waals surface area contributed by atoms with Crippen molar-refractivity contribution in [3.8, 4) is 0 Å². The number of hydrogen-bond acceptors (Lipinski definition) is 5. The molecule has 2 aromatic heterocycles. The van der Waals surface area contributed by atoms with E-state index in [0.717, 1.165) is 36.4 Å². The van der Waals surface area contributed by atoms with Crippen LogP contribution in [-0.2, 0) is 13.1 Å². The Morgan fingerprint density at radius 2 is 2.14 bits per heavy atom. The molecule has 2 aromatic rings. The Hall–Kier alpha value is -1.69. The normalized spacial score (nSPS) is 24.7. The van der Waals surface area contributed by atoms with Crippen molar-refractivity contribution in [1.82, 2.24) is 25.1 Å². The van der Waals surface area contributed by atoms with E-state index in [4.69, 9.17) is 4.42 Å². The molecule has 2 atom stereocenters. The molecule has 6 nitrogen and oxygen atoms in total. The van der Waals surface area contributed by atoms with Crippen LogP contribution in [0.1, 0.15) is 55.5 Å². The van der Waals surface area contributed by atoms with Gasteiger partial charge in [-0.1, -0.05) is 6.92 Å². The van der Waals surface area contributed by atoms with E-state index in [9.17, 15) is 0 Å². The van der Waals surface area contributed by atoms with Gasteiger partial charge in [0, 0.05) is 5.92 Å². The standard InChI is InChI=1S/C15H21N5O/c1-10-7-13(10)14-6-5-12(21-14)8-19(2)9-15-16-17-18-20(15)11-3-4-11/h5-6,10-11,13H,3-4,7-9H2,1-2H3/t10-,13+/m0/s1. The maximum Gasteiger partial charge on any atom is 0.165 e. The van der Waals surface area contributed by atoms with E-state index in [0.29, 0.717) is 12.0 Å². The molecule has 4 rings (SSSR count). The van der Waals surface area contributed by atoms with E-state index < -0.39 is 0 Å². The molecule has 0 N–H and O–H groups in total. The third kappa shape index (κ3) is 2.72. The van der Waals surface area contributed by atoms with Crippen LogP contribution in [0.25, 0.3) is 0 Å². The summed E-state index contributed by atoms with van der Waals surface area (Å²) < 4.78 is 7.93. The van der Waals surface area contributed by atoms with E-state index in [1.165, 1.54) is 19.3 Å². The van der Waals surface area contributed by atoms with Crippen LogP contribution in [0.3, 0.4) is 0 Å². The number of tetrazole rings is 1. The highest BCUT2D eigenvalue weighted by atomic mass is 16.3. The second kappa shape index (κ2) is 4.94. The van der Waals surface area contributed by atoms with Crippen LogP contribution in [0.4, 0.5) is 0 Å². The lowest BCUT2D eigenvalue weighted by atomic mass is 10.3. The van der Waals surface area contributed by atoms with Gasteiger partial charge in [0.25, 0.3) is 0 Å². The molecule has 0 amide bonds. The quantitative estimate of drug-likeness (QED) is 0.816. The van der Waals surface area contributed by atoms with Crippen LogP contribution in [-0.4, -0.2) is 32.2 Å². The van der Waals surface area contributed by atoms with E-state index in [-0.39, 0.29) is 0 Å². The number of aromatic nitrogens is 4. The van der Waals surface area contributed by atoms with Gasteiger partial charge in [0.2, 0.25) is 0 Å². The first-order chi connectivity index (χ1) is 10.2. The Bertz CT molecular complexity index is 630. The Morgan fingerprint density at radius 1 is 1.33 bits per heavy atom. The summed E-state index contributed by atoms with van der Waals surface area (Å²) in [5.74, 6) is 4.55. The number of hydrogen-bond donors (Lipinski definition) is 0. The first kappa shape index (κ1) is 13.0.